The smallest absolute Gasteiger partial charge is 0.230 e. The molecule has 0 radical (unpaired) electrons. The lowest BCUT2D eigenvalue weighted by Crippen LogP contribution is -2.25. The van der Waals surface area contributed by atoms with Gasteiger partial charge in [0.25, 0.3) is 0 Å². The van der Waals surface area contributed by atoms with Crippen LogP contribution in [0.4, 0.5) is 0 Å². The molecule has 0 bridgehead atoms. The Hall–Kier alpha value is -1.52. The summed E-state index contributed by atoms with van der Waals surface area (Å²) < 4.78 is 1.60. The largest absolute Gasteiger partial charge is 0.492 e. The van der Waals surface area contributed by atoms with E-state index >= 15 is 0 Å². The summed E-state index contributed by atoms with van der Waals surface area (Å²) in [5.74, 6) is 0.194. The van der Waals surface area contributed by atoms with E-state index in [0.29, 0.717) is 13.0 Å². The number of carbonyl (C=O) groups is 1. The Balaban J connectivity index is 2.10. The number of aromatic nitrogens is 2. The molecule has 1 N–H and O–H groups in total. The van der Waals surface area contributed by atoms with E-state index in [-0.39, 0.29) is 11.8 Å². The van der Waals surface area contributed by atoms with E-state index in [1.54, 1.807) is 22.7 Å². The van der Waals surface area contributed by atoms with Crippen LogP contribution in [0.25, 0.3) is 0 Å². The maximum absolute atomic E-state index is 11.3. The summed E-state index contributed by atoms with van der Waals surface area (Å²) in [6.45, 7) is 1.35. The zero-order chi connectivity index (χ0) is 10.1. The van der Waals surface area contributed by atoms with Gasteiger partial charge in [-0.15, -0.1) is 5.10 Å². The fourth-order valence-electron chi connectivity index (χ4n) is 1.70. The molecule has 2 heterocycles. The Kier molecular flexibility index (Phi) is 2.15. The van der Waals surface area contributed by atoms with E-state index in [1.807, 2.05) is 0 Å². The summed E-state index contributed by atoms with van der Waals surface area (Å²) in [4.78, 5) is 13.1. The number of aryl methyl sites for hydroxylation is 1. The summed E-state index contributed by atoms with van der Waals surface area (Å²) in [7, 11) is 1.76. The second-order valence-electron chi connectivity index (χ2n) is 3.54. The van der Waals surface area contributed by atoms with Gasteiger partial charge in [0.15, 0.2) is 0 Å². The minimum Gasteiger partial charge on any atom is -0.492 e. The van der Waals surface area contributed by atoms with E-state index in [2.05, 4.69) is 5.10 Å². The van der Waals surface area contributed by atoms with Crippen LogP contribution in [0, 0.1) is 0 Å². The Labute approximate surface area is 81.9 Å². The molecule has 1 aromatic heterocycles. The van der Waals surface area contributed by atoms with Gasteiger partial charge in [-0.2, -0.15) is 0 Å². The molecule has 0 aliphatic carbocycles. The molecule has 1 aliphatic rings. The third kappa shape index (κ3) is 1.57. The van der Waals surface area contributed by atoms with Crippen LogP contribution >= 0.6 is 0 Å². The van der Waals surface area contributed by atoms with Crippen LogP contribution in [0.5, 0.6) is 5.88 Å². The third-order valence-corrected chi connectivity index (χ3v) is 2.49. The highest BCUT2D eigenvalue weighted by molar-refractivity contribution is 5.77. The first kappa shape index (κ1) is 9.05. The van der Waals surface area contributed by atoms with Gasteiger partial charge in [0.05, 0.1) is 12.2 Å². The van der Waals surface area contributed by atoms with Crippen LogP contribution in [0.1, 0.15) is 18.5 Å². The maximum Gasteiger partial charge on any atom is 0.230 e. The molecule has 1 aliphatic heterocycles. The van der Waals surface area contributed by atoms with Crippen molar-refractivity contribution in [3.8, 4) is 5.88 Å². The predicted molar refractivity (Wildman–Crippen MR) is 49.5 cm³/mol. The van der Waals surface area contributed by atoms with E-state index < -0.39 is 0 Å². The van der Waals surface area contributed by atoms with Gasteiger partial charge in [0.2, 0.25) is 11.8 Å². The molecule has 1 aromatic rings. The standard InChI is InChI=1S/C9H13N3O2/c1-11-7(5-8(13)10-11)6-12-4-2-3-9(12)14/h5H,2-4,6H2,1H3,(H,10,13). The lowest BCUT2D eigenvalue weighted by molar-refractivity contribution is -0.128. The Morgan fingerprint density at radius 3 is 2.93 bits per heavy atom. The first-order valence-electron chi connectivity index (χ1n) is 4.66. The quantitative estimate of drug-likeness (QED) is 0.735. The van der Waals surface area contributed by atoms with Crippen LogP contribution in [-0.2, 0) is 18.4 Å². The van der Waals surface area contributed by atoms with Gasteiger partial charge >= 0.3 is 0 Å². The number of likely N-dealkylation sites (tertiary alicyclic amines) is 1. The van der Waals surface area contributed by atoms with Crippen LogP contribution < -0.4 is 0 Å². The molecule has 0 saturated carbocycles. The second-order valence-corrected chi connectivity index (χ2v) is 3.54. The maximum atomic E-state index is 11.3. The van der Waals surface area contributed by atoms with Crippen molar-refractivity contribution in [1.29, 1.82) is 0 Å². The molecule has 0 spiro atoms. The Morgan fingerprint density at radius 2 is 2.43 bits per heavy atom. The molecule has 14 heavy (non-hydrogen) atoms. The first-order chi connectivity index (χ1) is 6.66. The highest BCUT2D eigenvalue weighted by Crippen LogP contribution is 2.16. The van der Waals surface area contributed by atoms with Gasteiger partial charge in [0.1, 0.15) is 0 Å². The lowest BCUT2D eigenvalue weighted by Gasteiger charge is -2.14. The predicted octanol–water partition coefficient (Wildman–Crippen LogP) is 0.248. The topological polar surface area (TPSA) is 58.4 Å². The third-order valence-electron chi connectivity index (χ3n) is 2.49. The van der Waals surface area contributed by atoms with Crippen LogP contribution in [0.3, 0.4) is 0 Å². The fourth-order valence-corrected chi connectivity index (χ4v) is 1.70. The van der Waals surface area contributed by atoms with Crippen molar-refractivity contribution in [3.05, 3.63) is 11.8 Å². The Morgan fingerprint density at radius 1 is 1.64 bits per heavy atom. The normalized spacial score (nSPS) is 16.6. The van der Waals surface area contributed by atoms with Crippen molar-refractivity contribution < 1.29 is 9.90 Å². The molecule has 0 unspecified atom stereocenters. The van der Waals surface area contributed by atoms with E-state index in [0.717, 1.165) is 18.7 Å². The highest BCUT2D eigenvalue weighted by Gasteiger charge is 2.21. The summed E-state index contributed by atoms with van der Waals surface area (Å²) in [5, 5.41) is 13.0. The van der Waals surface area contributed by atoms with E-state index in [9.17, 15) is 4.79 Å². The number of aromatic hydroxyl groups is 1. The van der Waals surface area contributed by atoms with Crippen LogP contribution in [-0.4, -0.2) is 32.2 Å². The zero-order valence-corrected chi connectivity index (χ0v) is 8.10. The molecule has 2 rings (SSSR count). The molecule has 0 aromatic carbocycles. The van der Waals surface area contributed by atoms with Gasteiger partial charge in [-0.05, 0) is 6.42 Å². The van der Waals surface area contributed by atoms with Crippen molar-refractivity contribution in [3.63, 3.8) is 0 Å². The average molecular weight is 195 g/mol. The van der Waals surface area contributed by atoms with Crippen LogP contribution in [0.15, 0.2) is 6.07 Å². The molecule has 0 atom stereocenters. The van der Waals surface area contributed by atoms with Crippen molar-refractivity contribution in [2.75, 3.05) is 6.54 Å². The van der Waals surface area contributed by atoms with Gasteiger partial charge in [0, 0.05) is 26.1 Å². The highest BCUT2D eigenvalue weighted by atomic mass is 16.3. The van der Waals surface area contributed by atoms with Crippen molar-refractivity contribution in [2.24, 2.45) is 7.05 Å². The number of rotatable bonds is 2. The number of hydrogen-bond acceptors (Lipinski definition) is 3. The van der Waals surface area contributed by atoms with Crippen molar-refractivity contribution in [2.45, 2.75) is 19.4 Å². The van der Waals surface area contributed by atoms with Gasteiger partial charge < -0.3 is 10.0 Å². The lowest BCUT2D eigenvalue weighted by atomic mass is 10.4. The average Bonchev–Trinajstić information content (AvgIpc) is 2.62. The Bertz CT molecular complexity index is 359. The molecular formula is C9H13N3O2. The van der Waals surface area contributed by atoms with Crippen molar-refractivity contribution in [1.82, 2.24) is 14.7 Å². The number of hydrogen-bond donors (Lipinski definition) is 1. The molecule has 1 saturated heterocycles. The van der Waals surface area contributed by atoms with Gasteiger partial charge in [-0.3, -0.25) is 9.48 Å². The minimum atomic E-state index is 0.00847. The monoisotopic (exact) mass is 195 g/mol. The van der Waals surface area contributed by atoms with E-state index in [4.69, 9.17) is 5.11 Å². The second kappa shape index (κ2) is 3.32. The number of carbonyl (C=O) groups excluding carboxylic acids is 1. The summed E-state index contributed by atoms with van der Waals surface area (Å²) >= 11 is 0. The number of nitrogens with zero attached hydrogens (tertiary/aromatic N) is 3. The van der Waals surface area contributed by atoms with Gasteiger partial charge in [-0.1, -0.05) is 0 Å². The molecule has 1 fully saturated rings. The summed E-state index contributed by atoms with van der Waals surface area (Å²) in [6, 6.07) is 1.59. The fraction of sp³-hybridized carbons (Fsp3) is 0.556. The minimum absolute atomic E-state index is 0.00847. The molecule has 5 heteroatoms. The zero-order valence-electron chi connectivity index (χ0n) is 8.10. The first-order valence-corrected chi connectivity index (χ1v) is 4.66. The molecule has 1 amide bonds. The number of amides is 1. The molecule has 76 valence electrons. The van der Waals surface area contributed by atoms with E-state index in [1.165, 1.54) is 0 Å². The van der Waals surface area contributed by atoms with Crippen molar-refractivity contribution >= 4 is 5.91 Å². The SMILES string of the molecule is Cn1nc(O)cc1CN1CCCC1=O. The van der Waals surface area contributed by atoms with Crippen LogP contribution in [0.2, 0.25) is 0 Å². The summed E-state index contributed by atoms with van der Waals surface area (Å²) in [6.07, 6.45) is 1.58. The van der Waals surface area contributed by atoms with Gasteiger partial charge in [-0.25, -0.2) is 0 Å². The molecule has 5 nitrogen and oxygen atoms in total. The summed E-state index contributed by atoms with van der Waals surface area (Å²) in [5.41, 5.74) is 0.859. The molecular weight excluding hydrogens is 182 g/mol.